The summed E-state index contributed by atoms with van der Waals surface area (Å²) in [5.74, 6) is -0.497. The van der Waals surface area contributed by atoms with Crippen molar-refractivity contribution in [3.05, 3.63) is 70.3 Å². The van der Waals surface area contributed by atoms with Crippen molar-refractivity contribution in [2.75, 3.05) is 0 Å². The van der Waals surface area contributed by atoms with E-state index in [2.05, 4.69) is 10.3 Å². The molecule has 2 aromatic carbocycles. The van der Waals surface area contributed by atoms with E-state index in [1.54, 1.807) is 44.3 Å². The van der Waals surface area contributed by atoms with Gasteiger partial charge >= 0.3 is 0 Å². The Hall–Kier alpha value is -2.67. The van der Waals surface area contributed by atoms with E-state index in [1.165, 1.54) is 28.5 Å². The van der Waals surface area contributed by atoms with Gasteiger partial charge in [-0.1, -0.05) is 36.0 Å². The van der Waals surface area contributed by atoms with Gasteiger partial charge in [0.15, 0.2) is 5.16 Å². The zero-order chi connectivity index (χ0) is 19.6. The van der Waals surface area contributed by atoms with Gasteiger partial charge < -0.3 is 5.32 Å². The summed E-state index contributed by atoms with van der Waals surface area (Å²) in [6.45, 7) is 3.60. The van der Waals surface area contributed by atoms with Crippen LogP contribution in [0.25, 0.3) is 10.9 Å². The Labute approximate surface area is 160 Å². The molecule has 2 atom stereocenters. The van der Waals surface area contributed by atoms with Crippen LogP contribution in [0.5, 0.6) is 0 Å². The van der Waals surface area contributed by atoms with Crippen LogP contribution in [0.2, 0.25) is 0 Å². The second-order valence-corrected chi connectivity index (χ2v) is 7.63. The van der Waals surface area contributed by atoms with Gasteiger partial charge in [0.1, 0.15) is 5.82 Å². The standard InChI is InChI=1S/C20H20FN3O2S/c1-12(14-8-10-15(21)11-9-14)22-18(25)13(2)27-20-23-17-7-5-4-6-16(17)19(26)24(20)3/h4-13H,1-3H3,(H,22,25). The minimum atomic E-state index is -0.452. The van der Waals surface area contributed by atoms with E-state index in [0.29, 0.717) is 16.1 Å². The molecule has 0 saturated heterocycles. The Morgan fingerprint density at radius 2 is 1.81 bits per heavy atom. The zero-order valence-corrected chi connectivity index (χ0v) is 16.1. The molecule has 1 N–H and O–H groups in total. The molecule has 0 aliphatic rings. The number of carbonyl (C=O) groups excluding carboxylic acids is 1. The number of halogens is 1. The van der Waals surface area contributed by atoms with E-state index < -0.39 is 5.25 Å². The maximum atomic E-state index is 13.0. The predicted molar refractivity (Wildman–Crippen MR) is 105 cm³/mol. The minimum absolute atomic E-state index is 0.143. The van der Waals surface area contributed by atoms with Gasteiger partial charge in [-0.3, -0.25) is 14.2 Å². The first-order valence-corrected chi connectivity index (χ1v) is 9.43. The molecule has 140 valence electrons. The van der Waals surface area contributed by atoms with E-state index in [0.717, 1.165) is 5.56 Å². The van der Waals surface area contributed by atoms with Gasteiger partial charge in [-0.05, 0) is 43.7 Å². The maximum absolute atomic E-state index is 13.0. The van der Waals surface area contributed by atoms with Crippen LogP contribution in [0.1, 0.15) is 25.5 Å². The molecule has 1 heterocycles. The lowest BCUT2D eigenvalue weighted by molar-refractivity contribution is -0.120. The Kier molecular flexibility index (Phi) is 5.60. The number of hydrogen-bond acceptors (Lipinski definition) is 4. The fraction of sp³-hybridized carbons (Fsp3) is 0.250. The predicted octanol–water partition coefficient (Wildman–Crippen LogP) is 3.43. The summed E-state index contributed by atoms with van der Waals surface area (Å²) in [5.41, 5.74) is 1.28. The largest absolute Gasteiger partial charge is 0.349 e. The number of fused-ring (bicyclic) bond motifs is 1. The number of thioether (sulfide) groups is 1. The Morgan fingerprint density at radius 3 is 2.52 bits per heavy atom. The van der Waals surface area contributed by atoms with Crippen LogP contribution in [0.15, 0.2) is 58.5 Å². The molecule has 0 saturated carbocycles. The van der Waals surface area contributed by atoms with E-state index in [9.17, 15) is 14.0 Å². The number of nitrogens with one attached hydrogen (secondary N) is 1. The molecule has 1 amide bonds. The van der Waals surface area contributed by atoms with Gasteiger partial charge in [0.05, 0.1) is 22.2 Å². The molecule has 7 heteroatoms. The molecule has 0 spiro atoms. The number of amides is 1. The average molecular weight is 385 g/mol. The van der Waals surface area contributed by atoms with Crippen molar-refractivity contribution in [2.45, 2.75) is 30.3 Å². The Morgan fingerprint density at radius 1 is 1.15 bits per heavy atom. The monoisotopic (exact) mass is 385 g/mol. The number of aromatic nitrogens is 2. The zero-order valence-electron chi connectivity index (χ0n) is 15.3. The van der Waals surface area contributed by atoms with Crippen molar-refractivity contribution in [1.29, 1.82) is 0 Å². The summed E-state index contributed by atoms with van der Waals surface area (Å²) in [6, 6.07) is 12.9. The molecule has 1 aromatic heterocycles. The van der Waals surface area contributed by atoms with Crippen LogP contribution < -0.4 is 10.9 Å². The van der Waals surface area contributed by atoms with Crippen LogP contribution in [0, 0.1) is 5.82 Å². The van der Waals surface area contributed by atoms with Gasteiger partial charge in [-0.25, -0.2) is 9.37 Å². The molecule has 5 nitrogen and oxygen atoms in total. The normalized spacial score (nSPS) is 13.3. The number of para-hydroxylation sites is 1. The minimum Gasteiger partial charge on any atom is -0.349 e. The van der Waals surface area contributed by atoms with Crippen LogP contribution >= 0.6 is 11.8 Å². The van der Waals surface area contributed by atoms with Crippen molar-refractivity contribution in [3.63, 3.8) is 0 Å². The third-order valence-electron chi connectivity index (χ3n) is 4.32. The van der Waals surface area contributed by atoms with Crippen molar-refractivity contribution >= 4 is 28.6 Å². The smallest absolute Gasteiger partial charge is 0.261 e. The van der Waals surface area contributed by atoms with Crippen molar-refractivity contribution in [2.24, 2.45) is 7.05 Å². The third kappa shape index (κ3) is 4.19. The highest BCUT2D eigenvalue weighted by molar-refractivity contribution is 8.00. The highest BCUT2D eigenvalue weighted by Crippen LogP contribution is 2.23. The molecule has 3 aromatic rings. The van der Waals surface area contributed by atoms with Gasteiger partial charge in [-0.15, -0.1) is 0 Å². The third-order valence-corrected chi connectivity index (χ3v) is 5.47. The lowest BCUT2D eigenvalue weighted by Crippen LogP contribution is -2.33. The van der Waals surface area contributed by atoms with E-state index in [1.807, 2.05) is 13.0 Å². The lowest BCUT2D eigenvalue weighted by atomic mass is 10.1. The average Bonchev–Trinajstić information content (AvgIpc) is 2.66. The molecule has 0 radical (unpaired) electrons. The number of rotatable bonds is 5. The number of hydrogen-bond donors (Lipinski definition) is 1. The molecule has 0 aliphatic carbocycles. The summed E-state index contributed by atoms with van der Waals surface area (Å²) in [6.07, 6.45) is 0. The van der Waals surface area contributed by atoms with Gasteiger partial charge in [0.25, 0.3) is 5.56 Å². The first-order valence-electron chi connectivity index (χ1n) is 8.55. The van der Waals surface area contributed by atoms with Crippen LogP contribution in [-0.4, -0.2) is 20.7 Å². The number of benzene rings is 2. The number of nitrogens with zero attached hydrogens (tertiary/aromatic N) is 2. The fourth-order valence-corrected chi connectivity index (χ4v) is 3.56. The molecule has 0 bridgehead atoms. The summed E-state index contributed by atoms with van der Waals surface area (Å²) >= 11 is 1.23. The molecule has 0 aliphatic heterocycles. The molecular formula is C20H20FN3O2S. The second-order valence-electron chi connectivity index (χ2n) is 6.32. The lowest BCUT2D eigenvalue weighted by Gasteiger charge is -2.18. The van der Waals surface area contributed by atoms with Crippen LogP contribution in [0.4, 0.5) is 4.39 Å². The van der Waals surface area contributed by atoms with Crippen molar-refractivity contribution in [3.8, 4) is 0 Å². The Balaban J connectivity index is 1.74. The summed E-state index contributed by atoms with van der Waals surface area (Å²) in [5, 5.41) is 3.49. The van der Waals surface area contributed by atoms with Gasteiger partial charge in [0.2, 0.25) is 5.91 Å². The summed E-state index contributed by atoms with van der Waals surface area (Å²) in [4.78, 5) is 29.5. The van der Waals surface area contributed by atoms with Crippen LogP contribution in [0.3, 0.4) is 0 Å². The van der Waals surface area contributed by atoms with E-state index in [4.69, 9.17) is 0 Å². The van der Waals surface area contributed by atoms with Crippen molar-refractivity contribution in [1.82, 2.24) is 14.9 Å². The SMILES string of the molecule is CC(Sc1nc2ccccc2c(=O)n1C)C(=O)NC(C)c1ccc(F)cc1. The Bertz CT molecular complexity index is 1030. The van der Waals surface area contributed by atoms with E-state index >= 15 is 0 Å². The molecular weight excluding hydrogens is 365 g/mol. The summed E-state index contributed by atoms with van der Waals surface area (Å²) in [7, 11) is 1.65. The second kappa shape index (κ2) is 7.92. The highest BCUT2D eigenvalue weighted by Gasteiger charge is 2.20. The highest BCUT2D eigenvalue weighted by atomic mass is 32.2. The summed E-state index contributed by atoms with van der Waals surface area (Å²) < 4.78 is 14.5. The molecule has 2 unspecified atom stereocenters. The first kappa shape index (κ1) is 19.1. The quantitative estimate of drug-likeness (QED) is 0.540. The number of carbonyl (C=O) groups is 1. The van der Waals surface area contributed by atoms with Gasteiger partial charge in [0, 0.05) is 7.05 Å². The molecule has 3 rings (SSSR count). The molecule has 0 fully saturated rings. The topological polar surface area (TPSA) is 64.0 Å². The van der Waals surface area contributed by atoms with E-state index in [-0.39, 0.29) is 23.3 Å². The van der Waals surface area contributed by atoms with Gasteiger partial charge in [-0.2, -0.15) is 0 Å². The molecule has 27 heavy (non-hydrogen) atoms. The first-order chi connectivity index (χ1) is 12.9. The fourth-order valence-electron chi connectivity index (χ4n) is 2.68. The van der Waals surface area contributed by atoms with Crippen LogP contribution in [-0.2, 0) is 11.8 Å². The van der Waals surface area contributed by atoms with Crippen molar-refractivity contribution < 1.29 is 9.18 Å². The maximum Gasteiger partial charge on any atom is 0.261 e.